The molecule has 0 saturated carbocycles. The normalized spacial score (nSPS) is 19.8. The summed E-state index contributed by atoms with van der Waals surface area (Å²) in [6, 6.07) is 40.0. The van der Waals surface area contributed by atoms with Crippen molar-refractivity contribution in [1.82, 2.24) is 19.6 Å². The first-order valence-corrected chi connectivity index (χ1v) is 24.8. The molecule has 0 aromatic heterocycles. The highest BCUT2D eigenvalue weighted by Crippen LogP contribution is 2.33. The van der Waals surface area contributed by atoms with Gasteiger partial charge in [0.05, 0.1) is 0 Å². The van der Waals surface area contributed by atoms with E-state index in [9.17, 15) is 23.6 Å². The fraction of sp³-hybridized carbons (Fsp3) is 0.393. The first-order valence-electron chi connectivity index (χ1n) is 24.8. The summed E-state index contributed by atoms with van der Waals surface area (Å²) < 4.78 is 14.1. The third-order valence-electron chi connectivity index (χ3n) is 14.3. The topological polar surface area (TPSA) is 109 Å². The zero-order valence-corrected chi connectivity index (χ0v) is 39.0. The SMILES string of the molecule is O=C(Nc1ccc(CN(Cc2ccc(NC(=O)[C@@H]3CCCN3C(=O)[C@@H](c3ccccc3)N3CCCCC3)cc2)c2ccc(F)cc2)cc1)C1CCCN1C(=O)C(c1ccccc1)N1CCCCC1.[HH].[HH]. The van der Waals surface area contributed by atoms with Crippen LogP contribution >= 0.6 is 0 Å². The number of carbonyl (C=O) groups is 4. The maximum atomic E-state index is 14.3. The van der Waals surface area contributed by atoms with Gasteiger partial charge in [-0.25, -0.2) is 4.39 Å². The maximum absolute atomic E-state index is 14.3. The quantitative estimate of drug-likeness (QED) is 0.108. The molecule has 4 aliphatic rings. The zero-order chi connectivity index (χ0) is 46.8. The van der Waals surface area contributed by atoms with Gasteiger partial charge >= 0.3 is 0 Å². The molecule has 5 aromatic carbocycles. The molecule has 0 radical (unpaired) electrons. The van der Waals surface area contributed by atoms with Gasteiger partial charge in [0, 0.05) is 46.1 Å². The average Bonchev–Trinajstić information content (AvgIpc) is 4.09. The molecule has 2 N–H and O–H groups in total. The summed E-state index contributed by atoms with van der Waals surface area (Å²) in [5, 5.41) is 6.20. The molecule has 11 nitrogen and oxygen atoms in total. The molecule has 4 amide bonds. The molecule has 12 heteroatoms. The number of nitrogens with one attached hydrogen (secondary N) is 2. The Hall–Kier alpha value is -6.37. The van der Waals surface area contributed by atoms with Crippen LogP contribution in [-0.4, -0.2) is 94.6 Å². The van der Waals surface area contributed by atoms with Crippen LogP contribution in [0.4, 0.5) is 21.5 Å². The van der Waals surface area contributed by atoms with E-state index in [-0.39, 0.29) is 32.3 Å². The third kappa shape index (κ3) is 11.1. The predicted octanol–water partition coefficient (Wildman–Crippen LogP) is 9.84. The smallest absolute Gasteiger partial charge is 0.247 e. The molecule has 358 valence electrons. The Morgan fingerprint density at radius 3 is 1.29 bits per heavy atom. The summed E-state index contributed by atoms with van der Waals surface area (Å²) in [7, 11) is 0. The van der Waals surface area contributed by atoms with E-state index in [1.54, 1.807) is 21.9 Å². The van der Waals surface area contributed by atoms with E-state index in [1.165, 1.54) is 25.0 Å². The van der Waals surface area contributed by atoms with Crippen LogP contribution in [0.3, 0.4) is 0 Å². The first-order chi connectivity index (χ1) is 33.3. The first kappa shape index (κ1) is 46.7. The molecule has 9 rings (SSSR count). The molecule has 4 aliphatic heterocycles. The highest BCUT2D eigenvalue weighted by atomic mass is 19.1. The summed E-state index contributed by atoms with van der Waals surface area (Å²) in [5.74, 6) is -0.685. The molecule has 68 heavy (non-hydrogen) atoms. The average molecular weight is 922 g/mol. The molecule has 0 spiro atoms. The Kier molecular flexibility index (Phi) is 15.2. The van der Waals surface area contributed by atoms with Crippen LogP contribution in [-0.2, 0) is 32.3 Å². The van der Waals surface area contributed by atoms with Crippen LogP contribution < -0.4 is 15.5 Å². The minimum absolute atomic E-state index is 0. The maximum Gasteiger partial charge on any atom is 0.247 e. The lowest BCUT2D eigenvalue weighted by Gasteiger charge is -2.37. The summed E-state index contributed by atoms with van der Waals surface area (Å²) >= 11 is 0. The minimum atomic E-state index is -0.546. The van der Waals surface area contributed by atoms with Crippen molar-refractivity contribution in [2.75, 3.05) is 54.8 Å². The van der Waals surface area contributed by atoms with Crippen molar-refractivity contribution in [2.45, 2.75) is 101 Å². The van der Waals surface area contributed by atoms with Crippen LogP contribution in [0, 0.1) is 5.82 Å². The lowest BCUT2D eigenvalue weighted by atomic mass is 10.00. The monoisotopic (exact) mass is 922 g/mol. The largest absolute Gasteiger partial charge is 0.363 e. The van der Waals surface area contributed by atoms with E-state index in [1.807, 2.05) is 109 Å². The minimum Gasteiger partial charge on any atom is -0.363 e. The van der Waals surface area contributed by atoms with Gasteiger partial charge in [-0.15, -0.1) is 0 Å². The molecule has 4 atom stereocenters. The van der Waals surface area contributed by atoms with Crippen LogP contribution in [0.25, 0.3) is 0 Å². The van der Waals surface area contributed by atoms with Crippen molar-refractivity contribution in [2.24, 2.45) is 0 Å². The van der Waals surface area contributed by atoms with Crippen LogP contribution in [0.1, 0.15) is 101 Å². The van der Waals surface area contributed by atoms with Crippen molar-refractivity contribution < 1.29 is 26.4 Å². The number of rotatable bonds is 15. The van der Waals surface area contributed by atoms with Gasteiger partial charge in [-0.1, -0.05) is 97.8 Å². The van der Waals surface area contributed by atoms with E-state index in [0.29, 0.717) is 50.4 Å². The predicted molar refractivity (Wildman–Crippen MR) is 269 cm³/mol. The van der Waals surface area contributed by atoms with E-state index < -0.39 is 24.2 Å². The molecular formula is C56H68FN7O4. The van der Waals surface area contributed by atoms with Crippen molar-refractivity contribution in [3.63, 3.8) is 0 Å². The van der Waals surface area contributed by atoms with Crippen molar-refractivity contribution >= 4 is 40.7 Å². The Morgan fingerprint density at radius 2 is 0.897 bits per heavy atom. The van der Waals surface area contributed by atoms with E-state index in [0.717, 1.165) is 92.6 Å². The molecule has 0 aliphatic carbocycles. The molecule has 5 aromatic rings. The number of carbonyl (C=O) groups excluding carboxylic acids is 4. The summed E-state index contributed by atoms with van der Waals surface area (Å²) in [6.45, 7) is 5.60. The number of benzene rings is 5. The van der Waals surface area contributed by atoms with Crippen molar-refractivity contribution in [1.29, 1.82) is 0 Å². The second kappa shape index (κ2) is 22.2. The van der Waals surface area contributed by atoms with E-state index in [2.05, 4.69) is 25.3 Å². The number of nitrogens with zero attached hydrogens (tertiary/aromatic N) is 5. The number of piperidine rings is 2. The van der Waals surface area contributed by atoms with Gasteiger partial charge in [0.25, 0.3) is 0 Å². The standard InChI is InChI=1S/C56H64FN7O4.2H2/c57-45-25-31-48(32-26-45)62(39-41-21-27-46(28-22-41)58-53(65)49-19-13-37-63(49)55(67)51(43-15-5-1-6-16-43)60-33-9-3-10-34-60)40-42-23-29-47(30-24-42)59-54(66)50-20-14-38-64(50)56(68)52(44-17-7-2-8-18-44)61-35-11-4-12-36-61;;/h1-2,5-8,15-18,21-32,49-52H,3-4,9-14,19-20,33-40H2,(H,58,65)(H,59,66);2*1H/t49-,50?,51+,52?;;/m0../s1. The summed E-state index contributed by atoms with van der Waals surface area (Å²) in [4.78, 5) is 66.7. The molecule has 2 unspecified atom stereocenters. The van der Waals surface area contributed by atoms with E-state index >= 15 is 0 Å². The number of amides is 4. The van der Waals surface area contributed by atoms with Gasteiger partial charge in [0.15, 0.2) is 0 Å². The van der Waals surface area contributed by atoms with E-state index in [4.69, 9.17) is 0 Å². The van der Waals surface area contributed by atoms with Gasteiger partial charge < -0.3 is 25.3 Å². The highest BCUT2D eigenvalue weighted by molar-refractivity contribution is 5.99. The Labute approximate surface area is 403 Å². The molecule has 4 fully saturated rings. The Morgan fingerprint density at radius 1 is 0.500 bits per heavy atom. The zero-order valence-electron chi connectivity index (χ0n) is 39.0. The second-order valence-electron chi connectivity index (χ2n) is 18.9. The third-order valence-corrected chi connectivity index (χ3v) is 14.3. The van der Waals surface area contributed by atoms with Gasteiger partial charge in [-0.05, 0) is 148 Å². The molecule has 4 saturated heterocycles. The number of hydrogen-bond donors (Lipinski definition) is 2. The Balaban J connectivity index is 0.00000361. The number of halogens is 1. The number of hydrogen-bond acceptors (Lipinski definition) is 7. The van der Waals surface area contributed by atoms with Gasteiger partial charge in [0.2, 0.25) is 23.6 Å². The molecule has 0 bridgehead atoms. The number of anilines is 3. The van der Waals surface area contributed by atoms with Gasteiger partial charge in [-0.2, -0.15) is 0 Å². The second-order valence-corrected chi connectivity index (χ2v) is 18.9. The summed E-state index contributed by atoms with van der Waals surface area (Å²) in [5.41, 5.74) is 6.08. The van der Waals surface area contributed by atoms with Crippen LogP contribution in [0.2, 0.25) is 0 Å². The molecular weight excluding hydrogens is 854 g/mol. The summed E-state index contributed by atoms with van der Waals surface area (Å²) in [6.07, 6.45) is 9.37. The van der Waals surface area contributed by atoms with Gasteiger partial charge in [-0.3, -0.25) is 29.0 Å². The fourth-order valence-electron chi connectivity index (χ4n) is 10.7. The highest BCUT2D eigenvalue weighted by Gasteiger charge is 2.41. The molecule has 4 heterocycles. The van der Waals surface area contributed by atoms with Crippen LogP contribution in [0.15, 0.2) is 133 Å². The van der Waals surface area contributed by atoms with Crippen molar-refractivity contribution in [3.8, 4) is 0 Å². The fourth-order valence-corrected chi connectivity index (χ4v) is 10.7. The van der Waals surface area contributed by atoms with Crippen LogP contribution in [0.5, 0.6) is 0 Å². The lowest BCUT2D eigenvalue weighted by molar-refractivity contribution is -0.142. The number of likely N-dealkylation sites (tertiary alicyclic amines) is 4. The van der Waals surface area contributed by atoms with Crippen molar-refractivity contribution in [3.05, 3.63) is 162 Å². The lowest BCUT2D eigenvalue weighted by Crippen LogP contribution is -2.49. The Bertz CT molecular complexity index is 2320. The van der Waals surface area contributed by atoms with Gasteiger partial charge in [0.1, 0.15) is 30.0 Å².